The first kappa shape index (κ1) is 11.3. The van der Waals surface area contributed by atoms with Crippen LogP contribution in [0.5, 0.6) is 0 Å². The second-order valence-electron chi connectivity index (χ2n) is 3.84. The van der Waals surface area contributed by atoms with Crippen LogP contribution < -0.4 is 0 Å². The van der Waals surface area contributed by atoms with Crippen molar-refractivity contribution in [3.05, 3.63) is 48.0 Å². The molecule has 1 aromatic carbocycles. The highest BCUT2D eigenvalue weighted by Crippen LogP contribution is 2.16. The molecule has 2 heterocycles. The number of hydrogen-bond donors (Lipinski definition) is 0. The molecule has 2 aromatic heterocycles. The lowest BCUT2D eigenvalue weighted by Crippen LogP contribution is -2.02. The first-order valence-electron chi connectivity index (χ1n) is 5.58. The number of carbonyl (C=O) groups is 1. The van der Waals surface area contributed by atoms with Gasteiger partial charge in [-0.25, -0.2) is 4.68 Å². The lowest BCUT2D eigenvalue weighted by molar-refractivity contribution is 0.111. The van der Waals surface area contributed by atoms with Crippen molar-refractivity contribution in [3.8, 4) is 11.5 Å². The minimum absolute atomic E-state index is 0.270. The summed E-state index contributed by atoms with van der Waals surface area (Å²) in [5, 5.41) is 11.3. The summed E-state index contributed by atoms with van der Waals surface area (Å²) in [4.78, 5) is 14.8. The monoisotopic (exact) mass is 255 g/mol. The third kappa shape index (κ3) is 2.39. The molecule has 0 N–H and O–H groups in total. The average molecular weight is 255 g/mol. The zero-order valence-electron chi connectivity index (χ0n) is 9.80. The van der Waals surface area contributed by atoms with Crippen LogP contribution in [-0.4, -0.2) is 31.4 Å². The number of aromatic nitrogens is 5. The highest BCUT2D eigenvalue weighted by Gasteiger charge is 2.09. The molecule has 3 aromatic rings. The summed E-state index contributed by atoms with van der Waals surface area (Å²) in [5.74, 6) is 0.924. The molecule has 0 aliphatic heterocycles. The molecule has 0 spiro atoms. The lowest BCUT2D eigenvalue weighted by atomic mass is 10.2. The topological polar surface area (TPSA) is 86.7 Å². The number of carbonyl (C=O) groups excluding carboxylic acids is 1. The Kier molecular flexibility index (Phi) is 2.85. The maximum atomic E-state index is 10.5. The highest BCUT2D eigenvalue weighted by atomic mass is 16.5. The predicted molar refractivity (Wildman–Crippen MR) is 64.2 cm³/mol. The van der Waals surface area contributed by atoms with Gasteiger partial charge in [-0.2, -0.15) is 4.98 Å². The Bertz CT molecular complexity index is 689. The van der Waals surface area contributed by atoms with Crippen LogP contribution in [0.25, 0.3) is 11.5 Å². The van der Waals surface area contributed by atoms with Crippen LogP contribution in [0.3, 0.4) is 0 Å². The van der Waals surface area contributed by atoms with Crippen LogP contribution >= 0.6 is 0 Å². The third-order valence-corrected chi connectivity index (χ3v) is 2.47. The molecule has 19 heavy (non-hydrogen) atoms. The summed E-state index contributed by atoms with van der Waals surface area (Å²) >= 11 is 0. The fraction of sp³-hybridized carbons (Fsp3) is 0.0833. The molecule has 0 saturated carbocycles. The smallest absolute Gasteiger partial charge is 0.257 e. The molecule has 0 fully saturated rings. The van der Waals surface area contributed by atoms with Crippen molar-refractivity contribution >= 4 is 6.29 Å². The minimum Gasteiger partial charge on any atom is -0.334 e. The van der Waals surface area contributed by atoms with E-state index in [1.54, 1.807) is 0 Å². The Morgan fingerprint density at radius 2 is 2.11 bits per heavy atom. The fourth-order valence-corrected chi connectivity index (χ4v) is 1.61. The first-order chi connectivity index (χ1) is 9.35. The van der Waals surface area contributed by atoms with E-state index in [0.717, 1.165) is 5.56 Å². The van der Waals surface area contributed by atoms with Crippen molar-refractivity contribution in [2.24, 2.45) is 0 Å². The number of benzene rings is 1. The van der Waals surface area contributed by atoms with Gasteiger partial charge in [0, 0.05) is 5.56 Å². The van der Waals surface area contributed by atoms with Gasteiger partial charge in [0.2, 0.25) is 0 Å². The maximum absolute atomic E-state index is 10.5. The number of aldehydes is 1. The number of hydrogen-bond acceptors (Lipinski definition) is 6. The fourth-order valence-electron chi connectivity index (χ4n) is 1.61. The molecule has 94 valence electrons. The third-order valence-electron chi connectivity index (χ3n) is 2.47. The summed E-state index contributed by atoms with van der Waals surface area (Å²) in [6.45, 7) is 0.303. The lowest BCUT2D eigenvalue weighted by Gasteiger charge is -1.92. The number of rotatable bonds is 4. The van der Waals surface area contributed by atoms with Gasteiger partial charge in [0.1, 0.15) is 12.2 Å². The summed E-state index contributed by atoms with van der Waals surface area (Å²) in [5.41, 5.74) is 1.13. The minimum atomic E-state index is 0.270. The van der Waals surface area contributed by atoms with Gasteiger partial charge in [0.05, 0.1) is 6.20 Å². The van der Waals surface area contributed by atoms with E-state index >= 15 is 0 Å². The first-order valence-corrected chi connectivity index (χ1v) is 5.58. The molecule has 0 unspecified atom stereocenters. The van der Waals surface area contributed by atoms with Gasteiger partial charge in [0.15, 0.2) is 12.1 Å². The van der Waals surface area contributed by atoms with Crippen molar-refractivity contribution < 1.29 is 9.32 Å². The Labute approximate surface area is 107 Å². The summed E-state index contributed by atoms with van der Waals surface area (Å²) in [6, 6.07) is 9.48. The van der Waals surface area contributed by atoms with Gasteiger partial charge < -0.3 is 4.52 Å². The molecule has 0 aliphatic rings. The van der Waals surface area contributed by atoms with Crippen molar-refractivity contribution in [2.75, 3.05) is 0 Å². The van der Waals surface area contributed by atoms with Crippen LogP contribution in [0.1, 0.15) is 16.3 Å². The highest BCUT2D eigenvalue weighted by molar-refractivity contribution is 5.70. The molecule has 7 nitrogen and oxygen atoms in total. The van der Waals surface area contributed by atoms with E-state index in [1.165, 1.54) is 10.9 Å². The average Bonchev–Trinajstić information content (AvgIpc) is 3.09. The molecule has 3 rings (SSSR count). The molecule has 0 saturated heterocycles. The Balaban J connectivity index is 1.80. The van der Waals surface area contributed by atoms with Crippen LogP contribution in [0, 0.1) is 0 Å². The van der Waals surface area contributed by atoms with Gasteiger partial charge in [-0.3, -0.25) is 4.79 Å². The van der Waals surface area contributed by atoms with E-state index < -0.39 is 0 Å². The summed E-state index contributed by atoms with van der Waals surface area (Å²) in [7, 11) is 0. The quantitative estimate of drug-likeness (QED) is 0.651. The van der Waals surface area contributed by atoms with Gasteiger partial charge in [-0.1, -0.05) is 28.6 Å². The standard InChI is InChI=1S/C12H9N5O2/c18-8-10-6-17(16-14-10)7-11-13-12(19-15-11)9-4-2-1-3-5-9/h1-6,8H,7H2. The molecule has 7 heteroatoms. The zero-order chi connectivity index (χ0) is 13.1. The Morgan fingerprint density at radius 3 is 2.84 bits per heavy atom. The van der Waals surface area contributed by atoms with E-state index in [0.29, 0.717) is 24.5 Å². The van der Waals surface area contributed by atoms with Gasteiger partial charge in [0.25, 0.3) is 5.89 Å². The van der Waals surface area contributed by atoms with E-state index in [2.05, 4.69) is 20.5 Å². The van der Waals surface area contributed by atoms with Gasteiger partial charge in [-0.05, 0) is 12.1 Å². The molecule has 0 amide bonds. The molecule has 0 aliphatic carbocycles. The molecule has 0 bridgehead atoms. The van der Waals surface area contributed by atoms with Crippen LogP contribution in [0.4, 0.5) is 0 Å². The molecule has 0 atom stereocenters. The maximum Gasteiger partial charge on any atom is 0.257 e. The SMILES string of the molecule is O=Cc1cn(Cc2noc(-c3ccccc3)n2)nn1. The second-order valence-corrected chi connectivity index (χ2v) is 3.84. The van der Waals surface area contributed by atoms with Crippen LogP contribution in [0.2, 0.25) is 0 Å². The normalized spacial score (nSPS) is 10.5. The van der Waals surface area contributed by atoms with Crippen LogP contribution in [-0.2, 0) is 6.54 Å². The van der Waals surface area contributed by atoms with E-state index in [4.69, 9.17) is 4.52 Å². The second kappa shape index (κ2) is 4.81. The van der Waals surface area contributed by atoms with Crippen molar-refractivity contribution in [2.45, 2.75) is 6.54 Å². The molecule has 0 radical (unpaired) electrons. The molecular formula is C12H9N5O2. The van der Waals surface area contributed by atoms with E-state index in [9.17, 15) is 4.79 Å². The van der Waals surface area contributed by atoms with E-state index in [1.807, 2.05) is 30.3 Å². The summed E-state index contributed by atoms with van der Waals surface area (Å²) < 4.78 is 6.64. The Hall–Kier alpha value is -2.83. The van der Waals surface area contributed by atoms with E-state index in [-0.39, 0.29) is 5.69 Å². The van der Waals surface area contributed by atoms with Crippen molar-refractivity contribution in [1.82, 2.24) is 25.1 Å². The number of nitrogens with zero attached hydrogens (tertiary/aromatic N) is 5. The van der Waals surface area contributed by atoms with Crippen molar-refractivity contribution in [1.29, 1.82) is 0 Å². The largest absolute Gasteiger partial charge is 0.334 e. The molecular weight excluding hydrogens is 246 g/mol. The Morgan fingerprint density at radius 1 is 1.26 bits per heavy atom. The predicted octanol–water partition coefficient (Wildman–Crippen LogP) is 1.19. The zero-order valence-corrected chi connectivity index (χ0v) is 9.80. The van der Waals surface area contributed by atoms with Crippen LogP contribution in [0.15, 0.2) is 41.1 Å². The van der Waals surface area contributed by atoms with Gasteiger partial charge >= 0.3 is 0 Å². The van der Waals surface area contributed by atoms with Crippen molar-refractivity contribution in [3.63, 3.8) is 0 Å². The summed E-state index contributed by atoms with van der Waals surface area (Å²) in [6.07, 6.45) is 2.15. The van der Waals surface area contributed by atoms with Gasteiger partial charge in [-0.15, -0.1) is 5.10 Å².